The van der Waals surface area contributed by atoms with Crippen LogP contribution >= 0.6 is 0 Å². The number of hydrogen-bond donors (Lipinski definition) is 0. The van der Waals surface area contributed by atoms with Crippen molar-refractivity contribution < 1.29 is 0 Å². The lowest BCUT2D eigenvalue weighted by Crippen LogP contribution is -2.61. The molecule has 0 radical (unpaired) electrons. The number of para-hydroxylation sites is 2. The molecule has 2 aromatic heterocycles. The zero-order chi connectivity index (χ0) is 64.8. The smallest absolute Gasteiger partial charge is 0.252 e. The van der Waals surface area contributed by atoms with E-state index in [1.165, 1.54) is 0 Å². The van der Waals surface area contributed by atoms with Crippen LogP contribution in [0.25, 0.3) is 111 Å². The third-order valence-electron chi connectivity index (χ3n) is 19.6. The van der Waals surface area contributed by atoms with Crippen LogP contribution in [-0.4, -0.2) is 15.8 Å². The molecule has 14 aromatic carbocycles. The lowest BCUT2D eigenvalue weighted by Gasteiger charge is -2.46. The van der Waals surface area contributed by atoms with E-state index in [4.69, 9.17) is 0 Å². The molecular formula is C88H51BN8. The van der Waals surface area contributed by atoms with E-state index in [1.54, 1.807) is 0 Å². The van der Waals surface area contributed by atoms with E-state index < -0.39 is 0 Å². The third-order valence-corrected chi connectivity index (χ3v) is 19.6. The molecule has 0 fully saturated rings. The molecule has 97 heavy (non-hydrogen) atoms. The maximum Gasteiger partial charge on any atom is 0.252 e. The number of rotatable bonds is 9. The predicted octanol–water partition coefficient (Wildman–Crippen LogP) is 19.8. The van der Waals surface area contributed by atoms with Crippen molar-refractivity contribution >= 4 is 101 Å². The monoisotopic (exact) mass is 1230 g/mol. The van der Waals surface area contributed by atoms with Crippen LogP contribution < -0.4 is 26.2 Å². The summed E-state index contributed by atoms with van der Waals surface area (Å²) >= 11 is 0. The summed E-state index contributed by atoms with van der Waals surface area (Å²) in [6, 6.07) is 119. The van der Waals surface area contributed by atoms with Crippen molar-refractivity contribution in [1.29, 1.82) is 21.0 Å². The van der Waals surface area contributed by atoms with Crippen molar-refractivity contribution in [2.24, 2.45) is 0 Å². The molecular weight excluding hydrogens is 1180 g/mol. The summed E-state index contributed by atoms with van der Waals surface area (Å²) in [5.74, 6) is 0. The van der Waals surface area contributed by atoms with Crippen LogP contribution in [0.5, 0.6) is 0 Å². The Balaban J connectivity index is 1.02. The highest BCUT2D eigenvalue weighted by Crippen LogP contribution is 2.54. The van der Waals surface area contributed by atoms with Crippen molar-refractivity contribution in [2.75, 3.05) is 9.80 Å². The lowest BCUT2D eigenvalue weighted by atomic mass is 9.33. The summed E-state index contributed by atoms with van der Waals surface area (Å²) < 4.78 is 4.57. The summed E-state index contributed by atoms with van der Waals surface area (Å²) in [5.41, 5.74) is 27.4. The molecule has 0 atom stereocenters. The quantitative estimate of drug-likeness (QED) is 0.133. The van der Waals surface area contributed by atoms with Gasteiger partial charge in [0, 0.05) is 77.9 Å². The standard InChI is InChI=1S/C88H51BN8/c90-52-56-32-40-78-72(44-56)73-45-57(53-91)33-41-79(73)94(78)66-36-38-76-82(50-66)96(87-68(61-20-8-2-9-21-61)28-16-29-69(87)62-22-10-3-11-23-62)84-48-65(60-18-6-1-7-19-60)49-85-86(84)89(76)77-39-37-67(95-80-42-34-58(54-92)46-74(80)75-47-59(55-93)35-43-81(75)95)51-83(77)97(85)88-70(63-24-12-4-13-25-63)30-17-31-71(88)64-26-14-5-15-27-64/h1-51H. The zero-order valence-electron chi connectivity index (χ0n) is 52.1. The second-order valence-corrected chi connectivity index (χ2v) is 24.8. The Morgan fingerprint density at radius 3 is 0.845 bits per heavy atom. The van der Waals surface area contributed by atoms with Gasteiger partial charge in [0.15, 0.2) is 0 Å². The minimum Gasteiger partial charge on any atom is -0.310 e. The van der Waals surface area contributed by atoms with E-state index in [0.29, 0.717) is 22.3 Å². The maximum absolute atomic E-state index is 10.3. The molecule has 8 nitrogen and oxygen atoms in total. The fourth-order valence-corrected chi connectivity index (χ4v) is 15.4. The molecule has 446 valence electrons. The molecule has 2 aliphatic heterocycles. The topological polar surface area (TPSA) is 111 Å². The number of hydrogen-bond acceptors (Lipinski definition) is 6. The number of benzene rings is 14. The highest BCUT2D eigenvalue weighted by Gasteiger charge is 2.46. The molecule has 0 saturated carbocycles. The maximum atomic E-state index is 10.3. The van der Waals surface area contributed by atoms with Gasteiger partial charge >= 0.3 is 0 Å². The van der Waals surface area contributed by atoms with Crippen LogP contribution in [0.1, 0.15) is 22.3 Å². The Hall–Kier alpha value is -13.7. The van der Waals surface area contributed by atoms with Gasteiger partial charge in [0.25, 0.3) is 6.71 Å². The minimum atomic E-state index is -0.368. The first-order valence-corrected chi connectivity index (χ1v) is 32.3. The largest absolute Gasteiger partial charge is 0.310 e. The van der Waals surface area contributed by atoms with E-state index in [9.17, 15) is 21.0 Å². The second-order valence-electron chi connectivity index (χ2n) is 24.8. The Bertz CT molecular complexity index is 5520. The fraction of sp³-hybridized carbons (Fsp3) is 0. The third kappa shape index (κ3) is 8.89. The molecule has 0 amide bonds. The molecule has 4 heterocycles. The first-order valence-electron chi connectivity index (χ1n) is 32.3. The van der Waals surface area contributed by atoms with Gasteiger partial charge in [-0.1, -0.05) is 200 Å². The summed E-state index contributed by atoms with van der Waals surface area (Å²) in [4.78, 5) is 5.12. The predicted molar refractivity (Wildman–Crippen MR) is 395 cm³/mol. The molecule has 9 heteroatoms. The molecule has 16 aromatic rings. The number of nitriles is 4. The summed E-state index contributed by atoms with van der Waals surface area (Å²) in [6.45, 7) is -0.368. The van der Waals surface area contributed by atoms with E-state index in [-0.39, 0.29) is 6.71 Å². The van der Waals surface area contributed by atoms with E-state index in [0.717, 1.165) is 161 Å². The average molecular weight is 1230 g/mol. The Labute approximate surface area is 560 Å². The zero-order valence-corrected chi connectivity index (χ0v) is 52.1. The van der Waals surface area contributed by atoms with Gasteiger partial charge in [0.1, 0.15) is 0 Å². The van der Waals surface area contributed by atoms with Crippen molar-refractivity contribution in [2.45, 2.75) is 0 Å². The van der Waals surface area contributed by atoms with Gasteiger partial charge < -0.3 is 18.9 Å². The molecule has 0 spiro atoms. The van der Waals surface area contributed by atoms with Gasteiger partial charge in [-0.2, -0.15) is 21.0 Å². The van der Waals surface area contributed by atoms with Gasteiger partial charge in [-0.25, -0.2) is 0 Å². The number of aromatic nitrogens is 2. The number of fused-ring (bicyclic) bond motifs is 10. The van der Waals surface area contributed by atoms with Crippen LogP contribution in [0, 0.1) is 45.3 Å². The van der Waals surface area contributed by atoms with Gasteiger partial charge in [-0.3, -0.25) is 0 Å². The number of nitrogens with zero attached hydrogens (tertiary/aromatic N) is 8. The molecule has 0 unspecified atom stereocenters. The van der Waals surface area contributed by atoms with Crippen LogP contribution in [0.2, 0.25) is 0 Å². The summed E-state index contributed by atoms with van der Waals surface area (Å²) in [5, 5.41) is 44.9. The van der Waals surface area contributed by atoms with Gasteiger partial charge in [0.05, 0.1) is 80.0 Å². The first kappa shape index (κ1) is 56.1. The second kappa shape index (κ2) is 22.6. The normalized spacial score (nSPS) is 12.0. The van der Waals surface area contributed by atoms with E-state index in [2.05, 4.69) is 280 Å². The van der Waals surface area contributed by atoms with Crippen LogP contribution in [0.15, 0.2) is 309 Å². The molecule has 18 rings (SSSR count). The van der Waals surface area contributed by atoms with Crippen molar-refractivity contribution in [1.82, 2.24) is 9.13 Å². The summed E-state index contributed by atoms with van der Waals surface area (Å²) in [6.07, 6.45) is 0. The van der Waals surface area contributed by atoms with Gasteiger partial charge in [-0.05, 0) is 159 Å². The lowest BCUT2D eigenvalue weighted by molar-refractivity contribution is 1.17. The summed E-state index contributed by atoms with van der Waals surface area (Å²) in [7, 11) is 0. The highest BCUT2D eigenvalue weighted by molar-refractivity contribution is 7.00. The van der Waals surface area contributed by atoms with Crippen molar-refractivity contribution in [3.05, 3.63) is 332 Å². The molecule has 0 bridgehead atoms. The Kier molecular flexibility index (Phi) is 13.0. The van der Waals surface area contributed by atoms with Crippen molar-refractivity contribution in [3.63, 3.8) is 0 Å². The SMILES string of the molecule is N#Cc1ccc2c(c1)c1cc(C#N)ccc1n2-c1ccc2c(c1)N(c1c(-c3ccccc3)cccc1-c1ccccc1)c1cc(-c3ccccc3)cc3c1B2c1ccc(-n2c4ccc(C#N)cc4c4cc(C#N)ccc42)cc1N3c1c(-c2ccccc2)cccc1-c1ccccc1. The molecule has 2 aliphatic rings. The molecule has 0 N–H and O–H groups in total. The van der Waals surface area contributed by atoms with Crippen LogP contribution in [-0.2, 0) is 0 Å². The Morgan fingerprint density at radius 2 is 0.546 bits per heavy atom. The molecule has 0 aliphatic carbocycles. The Morgan fingerprint density at radius 1 is 0.247 bits per heavy atom. The van der Waals surface area contributed by atoms with E-state index >= 15 is 0 Å². The van der Waals surface area contributed by atoms with Crippen LogP contribution in [0.3, 0.4) is 0 Å². The minimum absolute atomic E-state index is 0.368. The number of anilines is 6. The van der Waals surface area contributed by atoms with Gasteiger partial charge in [-0.15, -0.1) is 0 Å². The van der Waals surface area contributed by atoms with Crippen LogP contribution in [0.4, 0.5) is 34.1 Å². The van der Waals surface area contributed by atoms with Crippen molar-refractivity contribution in [3.8, 4) is 91.3 Å². The highest BCUT2D eigenvalue weighted by atomic mass is 15.2. The van der Waals surface area contributed by atoms with Gasteiger partial charge in [0.2, 0.25) is 0 Å². The average Bonchev–Trinajstić information content (AvgIpc) is 1.21. The van der Waals surface area contributed by atoms with E-state index in [1.807, 2.05) is 72.8 Å². The fourth-order valence-electron chi connectivity index (χ4n) is 15.4. The first-order chi connectivity index (χ1) is 47.9. The molecule has 0 saturated heterocycles.